The van der Waals surface area contributed by atoms with Gasteiger partial charge in [-0.25, -0.2) is 9.79 Å². The lowest BCUT2D eigenvalue weighted by Crippen LogP contribution is -2.46. The Morgan fingerprint density at radius 3 is 2.96 bits per heavy atom. The number of hydrogen-bond acceptors (Lipinski definition) is 5. The second kappa shape index (κ2) is 6.65. The van der Waals surface area contributed by atoms with E-state index in [1.807, 2.05) is 5.38 Å². The van der Waals surface area contributed by atoms with E-state index in [2.05, 4.69) is 18.3 Å². The van der Waals surface area contributed by atoms with E-state index in [4.69, 9.17) is 21.3 Å². The summed E-state index contributed by atoms with van der Waals surface area (Å²) in [5.74, 6) is 1.10. The maximum absolute atomic E-state index is 11.3. The number of alkyl halides is 1. The van der Waals surface area contributed by atoms with E-state index >= 15 is 0 Å². The molecule has 1 atom stereocenters. The summed E-state index contributed by atoms with van der Waals surface area (Å²) in [5, 5.41) is 6.53. The number of carbonyl (C=O) groups excluding carboxylic acids is 1. The number of methoxy groups -OCH3 is 1. The molecule has 0 saturated heterocycles. The minimum atomic E-state index is -0.547. The van der Waals surface area contributed by atoms with Gasteiger partial charge in [-0.3, -0.25) is 0 Å². The number of ether oxygens (including phenoxy) is 1. The molecule has 3 rings (SSSR count). The van der Waals surface area contributed by atoms with Crippen LogP contribution in [-0.4, -0.2) is 18.9 Å². The number of amidine groups is 1. The van der Waals surface area contributed by atoms with Crippen molar-refractivity contribution in [3.05, 3.63) is 28.7 Å². The third-order valence-electron chi connectivity index (χ3n) is 4.64. The van der Waals surface area contributed by atoms with Gasteiger partial charge in [-0.15, -0.1) is 11.3 Å². The fourth-order valence-electron chi connectivity index (χ4n) is 3.20. The van der Waals surface area contributed by atoms with Gasteiger partial charge in [0.2, 0.25) is 0 Å². The molecule has 1 saturated carbocycles. The van der Waals surface area contributed by atoms with Crippen LogP contribution in [-0.2, 0) is 14.5 Å². The number of nitrogens with zero attached hydrogens (tertiary/aromatic N) is 1. The van der Waals surface area contributed by atoms with Crippen molar-refractivity contribution in [2.75, 3.05) is 7.11 Å². The highest BCUT2D eigenvalue weighted by Crippen LogP contribution is 2.44. The maximum atomic E-state index is 11.3. The van der Waals surface area contributed by atoms with Crippen molar-refractivity contribution >= 4 is 39.7 Å². The summed E-state index contributed by atoms with van der Waals surface area (Å²) in [6.07, 6.45) is 6.19. The molecule has 0 radical (unpaired) electrons. The fraction of sp³-hybridized carbons (Fsp3) is 0.529. The Bertz CT molecular complexity index is 657. The number of thiophene rings is 1. The molecule has 0 amide bonds. The smallest absolute Gasteiger partial charge is 0.330 e. The van der Waals surface area contributed by atoms with Crippen LogP contribution in [0.1, 0.15) is 44.6 Å². The van der Waals surface area contributed by atoms with E-state index < -0.39 is 5.00 Å². The van der Waals surface area contributed by atoms with Gasteiger partial charge in [0.1, 0.15) is 15.8 Å². The van der Waals surface area contributed by atoms with E-state index in [9.17, 15) is 4.79 Å². The minimum Gasteiger partial charge on any atom is -0.466 e. The number of rotatable bonds is 3. The zero-order valence-electron chi connectivity index (χ0n) is 13.4. The highest BCUT2D eigenvalue weighted by atomic mass is 35.5. The average molecular weight is 353 g/mol. The predicted octanol–water partition coefficient (Wildman–Crippen LogP) is 4.47. The minimum absolute atomic E-state index is 0.263. The van der Waals surface area contributed by atoms with Gasteiger partial charge >= 0.3 is 5.97 Å². The Labute approximate surface area is 145 Å². The molecule has 124 valence electrons. The molecule has 1 unspecified atom stereocenters. The number of allylic oxidation sites excluding steroid dienone is 1. The monoisotopic (exact) mass is 352 g/mol. The van der Waals surface area contributed by atoms with Crippen LogP contribution in [0.25, 0.3) is 0 Å². The summed E-state index contributed by atoms with van der Waals surface area (Å²) in [7, 11) is 1.41. The fourth-order valence-corrected chi connectivity index (χ4v) is 4.36. The SMILES string of the molecule is CCC1(Cl)NC(C2CCC(=CC(=O)OC)CC2)=Nc2sccc21. The Morgan fingerprint density at radius 2 is 2.30 bits per heavy atom. The van der Waals surface area contributed by atoms with E-state index in [0.717, 1.165) is 54.1 Å². The molecular formula is C17H21ClN2O2S. The lowest BCUT2D eigenvalue weighted by Gasteiger charge is -2.36. The maximum Gasteiger partial charge on any atom is 0.330 e. The van der Waals surface area contributed by atoms with Gasteiger partial charge in [-0.05, 0) is 43.6 Å². The number of carbonyl (C=O) groups is 1. The topological polar surface area (TPSA) is 50.7 Å². The summed E-state index contributed by atoms with van der Waals surface area (Å²) in [5.41, 5.74) is 2.24. The van der Waals surface area contributed by atoms with Gasteiger partial charge in [-0.1, -0.05) is 24.1 Å². The number of fused-ring (bicyclic) bond motifs is 1. The molecular weight excluding hydrogens is 332 g/mol. The van der Waals surface area contributed by atoms with Gasteiger partial charge in [0, 0.05) is 17.6 Å². The number of esters is 1. The first-order valence-corrected chi connectivity index (χ1v) is 9.22. The first kappa shape index (κ1) is 16.5. The van der Waals surface area contributed by atoms with Crippen LogP contribution < -0.4 is 5.32 Å². The van der Waals surface area contributed by atoms with Gasteiger partial charge < -0.3 is 10.1 Å². The van der Waals surface area contributed by atoms with E-state index in [-0.39, 0.29) is 5.97 Å². The standard InChI is InChI=1S/C17H21ClN2O2S/c1-3-17(18)13-8-9-23-16(13)19-15(20-17)12-6-4-11(5-7-12)10-14(21)22-2/h8-10,12H,3-7H2,1-2H3,(H,19,20). The highest BCUT2D eigenvalue weighted by molar-refractivity contribution is 7.14. The van der Waals surface area contributed by atoms with Crippen molar-refractivity contribution in [3.8, 4) is 0 Å². The molecule has 1 fully saturated rings. The zero-order valence-corrected chi connectivity index (χ0v) is 15.0. The molecule has 0 bridgehead atoms. The van der Waals surface area contributed by atoms with Crippen LogP contribution >= 0.6 is 22.9 Å². The lowest BCUT2D eigenvalue weighted by molar-refractivity contribution is -0.134. The molecule has 2 aliphatic rings. The predicted molar refractivity (Wildman–Crippen MR) is 94.4 cm³/mol. The normalized spacial score (nSPS) is 26.8. The van der Waals surface area contributed by atoms with Gasteiger partial charge in [-0.2, -0.15) is 0 Å². The van der Waals surface area contributed by atoms with Crippen LogP contribution in [0.15, 0.2) is 28.1 Å². The van der Waals surface area contributed by atoms with Gasteiger partial charge in [0.25, 0.3) is 0 Å². The molecule has 6 heteroatoms. The van der Waals surface area contributed by atoms with Crippen LogP contribution in [0.4, 0.5) is 5.00 Å². The van der Waals surface area contributed by atoms with Crippen LogP contribution in [0.3, 0.4) is 0 Å². The summed E-state index contributed by atoms with van der Waals surface area (Å²) in [4.78, 5) is 15.6. The van der Waals surface area contributed by atoms with Crippen molar-refractivity contribution < 1.29 is 9.53 Å². The van der Waals surface area contributed by atoms with Crippen molar-refractivity contribution in [3.63, 3.8) is 0 Å². The number of halogens is 1. The Kier molecular flexibility index (Phi) is 4.78. The number of hydrogen-bond donors (Lipinski definition) is 1. The molecule has 1 aromatic heterocycles. The summed E-state index contributed by atoms with van der Waals surface area (Å²) in [6, 6.07) is 2.06. The molecule has 2 heterocycles. The van der Waals surface area contributed by atoms with Crippen molar-refractivity contribution in [2.45, 2.75) is 44.0 Å². The quantitative estimate of drug-likeness (QED) is 0.378. The molecule has 0 aromatic carbocycles. The number of nitrogens with one attached hydrogen (secondary N) is 1. The third-order valence-corrected chi connectivity index (χ3v) is 6.02. The average Bonchev–Trinajstić information content (AvgIpc) is 3.05. The highest BCUT2D eigenvalue weighted by Gasteiger charge is 2.37. The van der Waals surface area contributed by atoms with Crippen LogP contribution in [0.5, 0.6) is 0 Å². The Balaban J connectivity index is 1.75. The molecule has 4 nitrogen and oxygen atoms in total. The van der Waals surface area contributed by atoms with Crippen LogP contribution in [0.2, 0.25) is 0 Å². The molecule has 1 aromatic rings. The van der Waals surface area contributed by atoms with Crippen LogP contribution in [0, 0.1) is 5.92 Å². The third kappa shape index (κ3) is 3.31. The van der Waals surface area contributed by atoms with Crippen molar-refractivity contribution in [2.24, 2.45) is 10.9 Å². The summed E-state index contributed by atoms with van der Waals surface area (Å²) in [6.45, 7) is 2.09. The summed E-state index contributed by atoms with van der Waals surface area (Å²) < 4.78 is 4.70. The molecule has 1 aliphatic carbocycles. The zero-order chi connectivity index (χ0) is 16.4. The van der Waals surface area contributed by atoms with E-state index in [1.165, 1.54) is 7.11 Å². The second-order valence-corrected chi connectivity index (χ2v) is 7.56. The largest absolute Gasteiger partial charge is 0.466 e. The van der Waals surface area contributed by atoms with Crippen molar-refractivity contribution in [1.29, 1.82) is 0 Å². The number of aliphatic imine (C=N–C) groups is 1. The van der Waals surface area contributed by atoms with E-state index in [1.54, 1.807) is 17.4 Å². The first-order chi connectivity index (χ1) is 11.1. The van der Waals surface area contributed by atoms with Gasteiger partial charge in [0.05, 0.1) is 7.11 Å². The van der Waals surface area contributed by atoms with Crippen molar-refractivity contribution in [1.82, 2.24) is 5.32 Å². The second-order valence-electron chi connectivity index (χ2n) is 6.02. The molecule has 0 spiro atoms. The lowest BCUT2D eigenvalue weighted by atomic mass is 9.84. The van der Waals surface area contributed by atoms with Gasteiger partial charge in [0.15, 0.2) is 0 Å². The first-order valence-electron chi connectivity index (χ1n) is 7.96. The molecule has 1 N–H and O–H groups in total. The molecule has 1 aliphatic heterocycles. The Hall–Kier alpha value is -1.33. The Morgan fingerprint density at radius 1 is 1.57 bits per heavy atom. The van der Waals surface area contributed by atoms with E-state index in [0.29, 0.717) is 5.92 Å². The summed E-state index contributed by atoms with van der Waals surface area (Å²) >= 11 is 8.44. The molecule has 23 heavy (non-hydrogen) atoms.